The molecule has 0 atom stereocenters. The van der Waals surface area contributed by atoms with E-state index in [1.54, 1.807) is 12.1 Å². The summed E-state index contributed by atoms with van der Waals surface area (Å²) in [5.74, 6) is 0.204. The zero-order valence-electron chi connectivity index (χ0n) is 20.7. The van der Waals surface area contributed by atoms with Gasteiger partial charge in [-0.3, -0.25) is 4.79 Å². The molecule has 6 nitrogen and oxygen atoms in total. The first-order valence-corrected chi connectivity index (χ1v) is 12.3. The van der Waals surface area contributed by atoms with Crippen LogP contribution in [0.5, 0.6) is 0 Å². The predicted octanol–water partition coefficient (Wildman–Crippen LogP) is 5.67. The standard InChI is InChI=1S/C28H34FN3O3/c1-28(2,3)35-27(34)30-18-19-14-16-32(17-15-19)25(33)13-12-23-22-6-4-5-7-24(22)31-26(23)20-8-10-21(29)11-9-20/h4-11,19,31H,12-18H2,1-3H3,(H,30,34). The molecule has 4 rings (SSSR count). The highest BCUT2D eigenvalue weighted by Crippen LogP contribution is 2.32. The van der Waals surface area contributed by atoms with E-state index in [4.69, 9.17) is 4.74 Å². The van der Waals surface area contributed by atoms with Crippen molar-refractivity contribution in [3.8, 4) is 11.3 Å². The molecule has 2 aromatic carbocycles. The second kappa shape index (κ2) is 10.5. The summed E-state index contributed by atoms with van der Waals surface area (Å²) >= 11 is 0. The van der Waals surface area contributed by atoms with Crippen LogP contribution in [-0.4, -0.2) is 47.1 Å². The lowest BCUT2D eigenvalue weighted by molar-refractivity contribution is -0.132. The fourth-order valence-electron chi connectivity index (χ4n) is 4.64. The van der Waals surface area contributed by atoms with E-state index in [-0.39, 0.29) is 11.7 Å². The molecule has 1 saturated heterocycles. The zero-order chi connectivity index (χ0) is 25.0. The Morgan fingerprint density at radius 2 is 1.77 bits per heavy atom. The number of nitrogens with zero attached hydrogens (tertiary/aromatic N) is 1. The number of likely N-dealkylation sites (tertiary alicyclic amines) is 1. The van der Waals surface area contributed by atoms with Crippen LogP contribution in [-0.2, 0) is 16.0 Å². The molecule has 7 heteroatoms. The summed E-state index contributed by atoms with van der Waals surface area (Å²) < 4.78 is 18.8. The Labute approximate surface area is 205 Å². The van der Waals surface area contributed by atoms with Crippen LogP contribution in [0.2, 0.25) is 0 Å². The highest BCUT2D eigenvalue weighted by atomic mass is 19.1. The van der Waals surface area contributed by atoms with Crippen molar-refractivity contribution >= 4 is 22.9 Å². The number of H-pyrrole nitrogens is 1. The number of amides is 2. The Kier molecular flexibility index (Phi) is 7.43. The SMILES string of the molecule is CC(C)(C)OC(=O)NCC1CCN(C(=O)CCc2c(-c3ccc(F)cc3)[nH]c3ccccc23)CC1. The summed E-state index contributed by atoms with van der Waals surface area (Å²) in [6.07, 6.45) is 2.34. The third-order valence-electron chi connectivity index (χ3n) is 6.44. The number of halogens is 1. The highest BCUT2D eigenvalue weighted by molar-refractivity contribution is 5.91. The lowest BCUT2D eigenvalue weighted by atomic mass is 9.96. The van der Waals surface area contributed by atoms with Crippen molar-refractivity contribution in [2.75, 3.05) is 19.6 Å². The van der Waals surface area contributed by atoms with Gasteiger partial charge >= 0.3 is 6.09 Å². The Hall–Kier alpha value is -3.35. The monoisotopic (exact) mass is 479 g/mol. The maximum absolute atomic E-state index is 13.5. The fourth-order valence-corrected chi connectivity index (χ4v) is 4.64. The Morgan fingerprint density at radius 3 is 2.46 bits per heavy atom. The number of para-hydroxylation sites is 1. The number of carbonyl (C=O) groups is 2. The van der Waals surface area contributed by atoms with Gasteiger partial charge < -0.3 is 19.9 Å². The van der Waals surface area contributed by atoms with E-state index < -0.39 is 11.7 Å². The van der Waals surface area contributed by atoms with Crippen LogP contribution in [0.15, 0.2) is 48.5 Å². The van der Waals surface area contributed by atoms with Crippen molar-refractivity contribution in [2.24, 2.45) is 5.92 Å². The van der Waals surface area contributed by atoms with Gasteiger partial charge in [-0.05, 0) is 87.4 Å². The van der Waals surface area contributed by atoms with Gasteiger partial charge in [-0.15, -0.1) is 0 Å². The molecule has 186 valence electrons. The van der Waals surface area contributed by atoms with Gasteiger partial charge in [0, 0.05) is 42.7 Å². The highest BCUT2D eigenvalue weighted by Gasteiger charge is 2.24. The normalized spacial score (nSPS) is 14.8. The van der Waals surface area contributed by atoms with Crippen molar-refractivity contribution in [1.82, 2.24) is 15.2 Å². The number of hydrogen-bond acceptors (Lipinski definition) is 3. The average molecular weight is 480 g/mol. The number of fused-ring (bicyclic) bond motifs is 1. The van der Waals surface area contributed by atoms with Crippen LogP contribution < -0.4 is 5.32 Å². The van der Waals surface area contributed by atoms with Crippen molar-refractivity contribution in [3.63, 3.8) is 0 Å². The second-order valence-corrected chi connectivity index (χ2v) is 10.2. The quantitative estimate of drug-likeness (QED) is 0.478. The number of nitrogens with one attached hydrogen (secondary N) is 2. The van der Waals surface area contributed by atoms with Crippen LogP contribution >= 0.6 is 0 Å². The lowest BCUT2D eigenvalue weighted by Crippen LogP contribution is -2.42. The second-order valence-electron chi connectivity index (χ2n) is 10.2. The predicted molar refractivity (Wildman–Crippen MR) is 136 cm³/mol. The minimum atomic E-state index is -0.513. The van der Waals surface area contributed by atoms with Gasteiger partial charge in [0.2, 0.25) is 5.91 Å². The van der Waals surface area contributed by atoms with Crippen LogP contribution in [0, 0.1) is 11.7 Å². The molecule has 0 bridgehead atoms. The molecule has 2 amide bonds. The van der Waals surface area contributed by atoms with E-state index in [1.165, 1.54) is 12.1 Å². The molecule has 2 N–H and O–H groups in total. The zero-order valence-corrected chi connectivity index (χ0v) is 20.7. The average Bonchev–Trinajstić information content (AvgIpc) is 3.19. The first kappa shape index (κ1) is 24.8. The Balaban J connectivity index is 1.34. The molecule has 0 unspecified atom stereocenters. The van der Waals surface area contributed by atoms with E-state index in [1.807, 2.05) is 43.9 Å². The summed E-state index contributed by atoms with van der Waals surface area (Å²) in [6, 6.07) is 14.5. The summed E-state index contributed by atoms with van der Waals surface area (Å²) in [6.45, 7) is 7.48. The molecule has 0 spiro atoms. The molecule has 35 heavy (non-hydrogen) atoms. The number of alkyl carbamates (subject to hydrolysis) is 1. The van der Waals surface area contributed by atoms with Crippen LogP contribution in [0.4, 0.5) is 9.18 Å². The lowest BCUT2D eigenvalue weighted by Gasteiger charge is -2.32. The number of aromatic amines is 1. The summed E-state index contributed by atoms with van der Waals surface area (Å²) in [7, 11) is 0. The van der Waals surface area contributed by atoms with Gasteiger partial charge in [0.05, 0.1) is 0 Å². The molecule has 1 aliphatic heterocycles. The number of ether oxygens (including phenoxy) is 1. The number of hydrogen-bond donors (Lipinski definition) is 2. The molecule has 1 fully saturated rings. The maximum Gasteiger partial charge on any atom is 0.407 e. The number of rotatable bonds is 6. The van der Waals surface area contributed by atoms with E-state index >= 15 is 0 Å². The number of piperidine rings is 1. The molecule has 3 aromatic rings. The van der Waals surface area contributed by atoms with E-state index in [0.29, 0.717) is 38.4 Å². The maximum atomic E-state index is 13.5. The fraction of sp³-hybridized carbons (Fsp3) is 0.429. The van der Waals surface area contributed by atoms with E-state index in [0.717, 1.165) is 40.6 Å². The molecular formula is C28H34FN3O3. The smallest absolute Gasteiger partial charge is 0.407 e. The number of carbonyl (C=O) groups excluding carboxylic acids is 2. The molecule has 1 aliphatic rings. The van der Waals surface area contributed by atoms with Gasteiger partial charge in [0.25, 0.3) is 0 Å². The van der Waals surface area contributed by atoms with Crippen molar-refractivity contribution < 1.29 is 18.7 Å². The number of benzene rings is 2. The third-order valence-corrected chi connectivity index (χ3v) is 6.44. The molecule has 0 radical (unpaired) electrons. The topological polar surface area (TPSA) is 74.4 Å². The first-order chi connectivity index (χ1) is 16.7. The molecule has 0 saturated carbocycles. The third kappa shape index (κ3) is 6.41. The Bertz CT molecular complexity index is 1170. The van der Waals surface area contributed by atoms with Gasteiger partial charge in [-0.1, -0.05) is 18.2 Å². The minimum Gasteiger partial charge on any atom is -0.444 e. The van der Waals surface area contributed by atoms with Crippen molar-refractivity contribution in [3.05, 3.63) is 59.9 Å². The molecule has 0 aliphatic carbocycles. The number of aromatic nitrogens is 1. The minimum absolute atomic E-state index is 0.138. The summed E-state index contributed by atoms with van der Waals surface area (Å²) in [5, 5.41) is 3.94. The summed E-state index contributed by atoms with van der Waals surface area (Å²) in [5.41, 5.74) is 3.42. The van der Waals surface area contributed by atoms with Gasteiger partial charge in [0.15, 0.2) is 0 Å². The number of aryl methyl sites for hydroxylation is 1. The molecular weight excluding hydrogens is 445 g/mol. The van der Waals surface area contributed by atoms with Gasteiger partial charge in [-0.2, -0.15) is 0 Å². The van der Waals surface area contributed by atoms with Crippen molar-refractivity contribution in [2.45, 2.75) is 52.1 Å². The largest absolute Gasteiger partial charge is 0.444 e. The first-order valence-electron chi connectivity index (χ1n) is 12.3. The van der Waals surface area contributed by atoms with Crippen LogP contribution in [0.3, 0.4) is 0 Å². The summed E-state index contributed by atoms with van der Waals surface area (Å²) in [4.78, 5) is 30.3. The van der Waals surface area contributed by atoms with Crippen LogP contribution in [0.1, 0.15) is 45.6 Å². The molecule has 1 aromatic heterocycles. The van der Waals surface area contributed by atoms with Crippen LogP contribution in [0.25, 0.3) is 22.2 Å². The van der Waals surface area contributed by atoms with E-state index in [9.17, 15) is 14.0 Å². The van der Waals surface area contributed by atoms with Gasteiger partial charge in [-0.25, -0.2) is 9.18 Å². The Morgan fingerprint density at radius 1 is 1.09 bits per heavy atom. The van der Waals surface area contributed by atoms with Gasteiger partial charge in [0.1, 0.15) is 11.4 Å². The van der Waals surface area contributed by atoms with E-state index in [2.05, 4.69) is 16.4 Å². The van der Waals surface area contributed by atoms with Crippen molar-refractivity contribution in [1.29, 1.82) is 0 Å². The molecule has 2 heterocycles.